The number of aromatic nitrogens is 2. The van der Waals surface area contributed by atoms with E-state index in [-0.39, 0.29) is 6.09 Å². The Kier molecular flexibility index (Phi) is 6.51. The fraction of sp³-hybridized carbons (Fsp3) is 0.714. The molecule has 0 bridgehead atoms. The number of alkyl carbamates (subject to hydrolysis) is 1. The lowest BCUT2D eigenvalue weighted by molar-refractivity contribution is 0.0527. The van der Waals surface area contributed by atoms with Crippen LogP contribution in [0.2, 0.25) is 0 Å². The summed E-state index contributed by atoms with van der Waals surface area (Å²) in [5, 5.41) is 10.3. The predicted molar refractivity (Wildman–Crippen MR) is 78.5 cm³/mol. The summed E-state index contributed by atoms with van der Waals surface area (Å²) in [6.45, 7) is 10.7. The molecule has 0 aliphatic heterocycles. The van der Waals surface area contributed by atoms with Crippen LogP contribution < -0.4 is 10.6 Å². The molecule has 1 rings (SSSR count). The first kappa shape index (κ1) is 16.5. The monoisotopic (exact) mass is 282 g/mol. The molecular formula is C14H26N4O2. The Labute approximate surface area is 120 Å². The molecule has 0 saturated carbocycles. The first-order valence-electron chi connectivity index (χ1n) is 7.10. The van der Waals surface area contributed by atoms with Crippen LogP contribution in [0.1, 0.15) is 39.8 Å². The summed E-state index contributed by atoms with van der Waals surface area (Å²) in [5.74, 6) is 0. The third-order valence-corrected chi connectivity index (χ3v) is 2.61. The molecular weight excluding hydrogens is 256 g/mol. The van der Waals surface area contributed by atoms with E-state index >= 15 is 0 Å². The second-order valence-corrected chi connectivity index (χ2v) is 5.60. The molecule has 1 aromatic rings. The third kappa shape index (κ3) is 6.56. The van der Waals surface area contributed by atoms with E-state index in [0.717, 1.165) is 26.1 Å². The summed E-state index contributed by atoms with van der Waals surface area (Å²) in [7, 11) is 0. The molecule has 1 aromatic heterocycles. The highest BCUT2D eigenvalue weighted by atomic mass is 16.6. The first-order valence-corrected chi connectivity index (χ1v) is 7.10. The van der Waals surface area contributed by atoms with Gasteiger partial charge in [0.25, 0.3) is 0 Å². The van der Waals surface area contributed by atoms with Gasteiger partial charge in [-0.3, -0.25) is 4.68 Å². The topological polar surface area (TPSA) is 68.2 Å². The van der Waals surface area contributed by atoms with Gasteiger partial charge in [0.1, 0.15) is 5.60 Å². The highest BCUT2D eigenvalue weighted by Crippen LogP contribution is 2.06. The molecule has 0 aliphatic rings. The van der Waals surface area contributed by atoms with Gasteiger partial charge in [-0.25, -0.2) is 4.79 Å². The predicted octanol–water partition coefficient (Wildman–Crippen LogP) is 1.91. The van der Waals surface area contributed by atoms with Crippen molar-refractivity contribution in [1.29, 1.82) is 0 Å². The van der Waals surface area contributed by atoms with Crippen molar-refractivity contribution in [3.63, 3.8) is 0 Å². The minimum atomic E-state index is -0.444. The zero-order valence-corrected chi connectivity index (χ0v) is 12.9. The molecule has 6 nitrogen and oxygen atoms in total. The van der Waals surface area contributed by atoms with Crippen molar-refractivity contribution in [1.82, 2.24) is 20.4 Å². The van der Waals surface area contributed by atoms with Gasteiger partial charge in [-0.05, 0) is 46.7 Å². The molecule has 6 heteroatoms. The molecule has 1 amide bonds. The number of nitrogens with zero attached hydrogens (tertiary/aromatic N) is 2. The van der Waals surface area contributed by atoms with Crippen LogP contribution in [0.3, 0.4) is 0 Å². The van der Waals surface area contributed by atoms with Gasteiger partial charge < -0.3 is 15.4 Å². The van der Waals surface area contributed by atoms with Gasteiger partial charge in [0, 0.05) is 25.8 Å². The van der Waals surface area contributed by atoms with E-state index in [1.807, 2.05) is 37.7 Å². The number of aryl methyl sites for hydroxylation is 1. The van der Waals surface area contributed by atoms with Crippen molar-refractivity contribution in [2.24, 2.45) is 0 Å². The van der Waals surface area contributed by atoms with E-state index in [1.165, 1.54) is 5.69 Å². The number of hydrogen-bond acceptors (Lipinski definition) is 4. The zero-order chi connectivity index (χ0) is 15.0. The highest BCUT2D eigenvalue weighted by Gasteiger charge is 2.15. The molecule has 0 unspecified atom stereocenters. The second kappa shape index (κ2) is 7.89. The number of amides is 1. The van der Waals surface area contributed by atoms with Gasteiger partial charge in [-0.1, -0.05) is 0 Å². The fourth-order valence-electron chi connectivity index (χ4n) is 1.73. The second-order valence-electron chi connectivity index (χ2n) is 5.60. The highest BCUT2D eigenvalue weighted by molar-refractivity contribution is 5.67. The molecule has 0 saturated heterocycles. The van der Waals surface area contributed by atoms with Gasteiger partial charge in [-0.15, -0.1) is 0 Å². The lowest BCUT2D eigenvalue weighted by Gasteiger charge is -2.19. The molecule has 0 aliphatic carbocycles. The molecule has 1 heterocycles. The van der Waals surface area contributed by atoms with E-state index < -0.39 is 5.60 Å². The smallest absolute Gasteiger partial charge is 0.407 e. The van der Waals surface area contributed by atoms with Crippen molar-refractivity contribution in [2.75, 3.05) is 13.1 Å². The molecule has 0 radical (unpaired) electrons. The van der Waals surface area contributed by atoms with Crippen molar-refractivity contribution in [2.45, 2.75) is 52.8 Å². The van der Waals surface area contributed by atoms with Crippen molar-refractivity contribution < 1.29 is 9.53 Å². The van der Waals surface area contributed by atoms with Gasteiger partial charge in [0.05, 0.1) is 5.69 Å². The lowest BCUT2D eigenvalue weighted by Crippen LogP contribution is -2.33. The number of carbonyl (C=O) groups is 1. The molecule has 2 N–H and O–H groups in total. The van der Waals surface area contributed by atoms with Crippen LogP contribution in [0.25, 0.3) is 0 Å². The first-order chi connectivity index (χ1) is 9.42. The van der Waals surface area contributed by atoms with E-state index in [9.17, 15) is 4.79 Å². The third-order valence-electron chi connectivity index (χ3n) is 2.61. The SMILES string of the molecule is CCn1nccc1CNCCCNC(=O)OC(C)(C)C. The van der Waals surface area contributed by atoms with Crippen molar-refractivity contribution in [3.8, 4) is 0 Å². The van der Waals surface area contributed by atoms with Crippen LogP contribution in [-0.2, 0) is 17.8 Å². The Balaban J connectivity index is 2.07. The largest absolute Gasteiger partial charge is 0.444 e. The van der Waals surface area contributed by atoms with Crippen LogP contribution >= 0.6 is 0 Å². The van der Waals surface area contributed by atoms with Gasteiger partial charge >= 0.3 is 6.09 Å². The summed E-state index contributed by atoms with van der Waals surface area (Å²) in [4.78, 5) is 11.4. The summed E-state index contributed by atoms with van der Waals surface area (Å²) in [6, 6.07) is 2.01. The maximum atomic E-state index is 11.4. The zero-order valence-electron chi connectivity index (χ0n) is 12.9. The number of hydrogen-bond donors (Lipinski definition) is 2. The summed E-state index contributed by atoms with van der Waals surface area (Å²) < 4.78 is 7.12. The fourth-order valence-corrected chi connectivity index (χ4v) is 1.73. The normalized spacial score (nSPS) is 11.4. The van der Waals surface area contributed by atoms with Gasteiger partial charge in [-0.2, -0.15) is 5.10 Å². The number of rotatable bonds is 7. The number of ether oxygens (including phenoxy) is 1. The van der Waals surface area contributed by atoms with Crippen LogP contribution in [0, 0.1) is 0 Å². The lowest BCUT2D eigenvalue weighted by atomic mass is 10.2. The summed E-state index contributed by atoms with van der Waals surface area (Å²) >= 11 is 0. The van der Waals surface area contributed by atoms with E-state index in [2.05, 4.69) is 22.7 Å². The van der Waals surface area contributed by atoms with E-state index in [1.54, 1.807) is 0 Å². The van der Waals surface area contributed by atoms with Gasteiger partial charge in [0.15, 0.2) is 0 Å². The Hall–Kier alpha value is -1.56. The Morgan fingerprint density at radius 1 is 1.40 bits per heavy atom. The maximum Gasteiger partial charge on any atom is 0.407 e. The Bertz CT molecular complexity index is 410. The summed E-state index contributed by atoms with van der Waals surface area (Å²) in [6.07, 6.45) is 2.31. The van der Waals surface area contributed by atoms with Crippen molar-refractivity contribution >= 4 is 6.09 Å². The van der Waals surface area contributed by atoms with Crippen molar-refractivity contribution in [3.05, 3.63) is 18.0 Å². The molecule has 114 valence electrons. The Morgan fingerprint density at radius 3 is 2.80 bits per heavy atom. The molecule has 0 aromatic carbocycles. The Morgan fingerprint density at radius 2 is 2.15 bits per heavy atom. The summed E-state index contributed by atoms with van der Waals surface area (Å²) in [5.41, 5.74) is 0.730. The molecule has 20 heavy (non-hydrogen) atoms. The van der Waals surface area contributed by atoms with E-state index in [4.69, 9.17) is 4.74 Å². The minimum Gasteiger partial charge on any atom is -0.444 e. The van der Waals surface area contributed by atoms with Crippen LogP contribution in [0.4, 0.5) is 4.79 Å². The quantitative estimate of drug-likeness (QED) is 0.750. The average Bonchev–Trinajstić information content (AvgIpc) is 2.78. The average molecular weight is 282 g/mol. The standard InChI is InChI=1S/C14H26N4O2/c1-5-18-12(7-10-17-18)11-15-8-6-9-16-13(19)20-14(2,3)4/h7,10,15H,5-6,8-9,11H2,1-4H3,(H,16,19). The molecule has 0 atom stereocenters. The maximum absolute atomic E-state index is 11.4. The number of carbonyl (C=O) groups excluding carboxylic acids is 1. The van der Waals surface area contributed by atoms with Gasteiger partial charge in [0.2, 0.25) is 0 Å². The minimum absolute atomic E-state index is 0.360. The van der Waals surface area contributed by atoms with Crippen LogP contribution in [-0.4, -0.2) is 34.6 Å². The van der Waals surface area contributed by atoms with Crippen LogP contribution in [0.15, 0.2) is 12.3 Å². The molecule has 0 spiro atoms. The van der Waals surface area contributed by atoms with E-state index in [0.29, 0.717) is 6.54 Å². The van der Waals surface area contributed by atoms with Crippen LogP contribution in [0.5, 0.6) is 0 Å². The molecule has 0 fully saturated rings. The number of nitrogens with one attached hydrogen (secondary N) is 2.